The van der Waals surface area contributed by atoms with Gasteiger partial charge in [-0.25, -0.2) is 14.3 Å². The molecular formula is C20H24F3N3O6. The molecule has 0 fully saturated rings. The zero-order valence-corrected chi connectivity index (χ0v) is 17.8. The summed E-state index contributed by atoms with van der Waals surface area (Å²) in [5.41, 5.74) is -2.22. The van der Waals surface area contributed by atoms with E-state index in [2.05, 4.69) is 5.10 Å². The molecule has 0 atom stereocenters. The first-order chi connectivity index (χ1) is 14.8. The van der Waals surface area contributed by atoms with Gasteiger partial charge in [0.2, 0.25) is 0 Å². The minimum Gasteiger partial charge on any atom is -0.478 e. The van der Waals surface area contributed by atoms with Gasteiger partial charge < -0.3 is 14.6 Å². The Kier molecular flexibility index (Phi) is 7.70. The fourth-order valence-corrected chi connectivity index (χ4v) is 2.59. The third-order valence-corrected chi connectivity index (χ3v) is 4.48. The van der Waals surface area contributed by atoms with E-state index in [4.69, 9.17) is 14.6 Å². The standard InChI is InChI=1S/C20H24F3N3O6/c1-19(2,17(28)29)32-14-7-5-13(6-8-14)9-12-31-15-16(27)25(3)18(30)26(24-15)11-4-10-20(21,22)23/h5-8H,4,9-12H2,1-3H3,(H,28,29). The highest BCUT2D eigenvalue weighted by molar-refractivity contribution is 5.76. The lowest BCUT2D eigenvalue weighted by Crippen LogP contribution is -2.40. The Morgan fingerprint density at radius 2 is 1.78 bits per heavy atom. The van der Waals surface area contributed by atoms with Crippen molar-refractivity contribution < 1.29 is 32.5 Å². The van der Waals surface area contributed by atoms with Crippen molar-refractivity contribution in [1.29, 1.82) is 0 Å². The normalized spacial score (nSPS) is 11.9. The smallest absolute Gasteiger partial charge is 0.389 e. The van der Waals surface area contributed by atoms with Gasteiger partial charge in [0, 0.05) is 26.4 Å². The number of aliphatic carboxylic acids is 1. The van der Waals surface area contributed by atoms with Gasteiger partial charge in [0.05, 0.1) is 6.61 Å². The van der Waals surface area contributed by atoms with Crippen molar-refractivity contribution in [1.82, 2.24) is 14.3 Å². The second-order valence-corrected chi connectivity index (χ2v) is 7.55. The average molecular weight is 459 g/mol. The lowest BCUT2D eigenvalue weighted by Gasteiger charge is -2.21. The summed E-state index contributed by atoms with van der Waals surface area (Å²) in [6.07, 6.45) is -5.45. The van der Waals surface area contributed by atoms with E-state index in [1.54, 1.807) is 24.3 Å². The number of rotatable bonds is 10. The number of alkyl halides is 3. The van der Waals surface area contributed by atoms with Gasteiger partial charge >= 0.3 is 23.4 Å². The van der Waals surface area contributed by atoms with E-state index in [1.807, 2.05) is 0 Å². The molecule has 0 aliphatic carbocycles. The minimum atomic E-state index is -4.35. The number of carboxylic acids is 1. The lowest BCUT2D eigenvalue weighted by atomic mass is 10.1. The summed E-state index contributed by atoms with van der Waals surface area (Å²) >= 11 is 0. The summed E-state index contributed by atoms with van der Waals surface area (Å²) in [6.45, 7) is 2.56. The molecule has 1 N–H and O–H groups in total. The molecule has 2 aromatic rings. The fraction of sp³-hybridized carbons (Fsp3) is 0.500. The van der Waals surface area contributed by atoms with Crippen LogP contribution in [0.5, 0.6) is 11.6 Å². The molecule has 12 heteroatoms. The number of nitrogens with zero attached hydrogens (tertiary/aromatic N) is 3. The number of hydrogen-bond acceptors (Lipinski definition) is 6. The number of aromatic nitrogens is 3. The summed E-state index contributed by atoms with van der Waals surface area (Å²) in [5.74, 6) is -1.13. The molecule has 0 saturated heterocycles. The summed E-state index contributed by atoms with van der Waals surface area (Å²) in [4.78, 5) is 35.3. The van der Waals surface area contributed by atoms with Crippen LogP contribution in [0, 0.1) is 0 Å². The number of hydrogen-bond donors (Lipinski definition) is 1. The molecule has 0 spiro atoms. The van der Waals surface area contributed by atoms with E-state index in [0.29, 0.717) is 12.2 Å². The van der Waals surface area contributed by atoms with Crippen molar-refractivity contribution >= 4 is 5.97 Å². The first-order valence-electron chi connectivity index (χ1n) is 9.69. The van der Waals surface area contributed by atoms with Crippen LogP contribution in [-0.4, -0.2) is 43.8 Å². The molecule has 9 nitrogen and oxygen atoms in total. The van der Waals surface area contributed by atoms with Crippen molar-refractivity contribution in [3.8, 4) is 11.6 Å². The van der Waals surface area contributed by atoms with Gasteiger partial charge in [-0.05, 0) is 38.0 Å². The first kappa shape index (κ1) is 25.0. The third kappa shape index (κ3) is 6.86. The van der Waals surface area contributed by atoms with Gasteiger partial charge in [0.1, 0.15) is 5.75 Å². The van der Waals surface area contributed by atoms with E-state index < -0.39 is 35.4 Å². The van der Waals surface area contributed by atoms with E-state index >= 15 is 0 Å². The summed E-state index contributed by atoms with van der Waals surface area (Å²) < 4.78 is 49.3. The van der Waals surface area contributed by atoms with E-state index in [1.165, 1.54) is 20.9 Å². The SMILES string of the molecule is Cn1c(=O)c(OCCc2ccc(OC(C)(C)C(=O)O)cc2)nn(CCCC(F)(F)F)c1=O. The van der Waals surface area contributed by atoms with Crippen LogP contribution < -0.4 is 20.7 Å². The second-order valence-electron chi connectivity index (χ2n) is 7.55. The highest BCUT2D eigenvalue weighted by Crippen LogP contribution is 2.21. The Labute approximate surface area is 181 Å². The highest BCUT2D eigenvalue weighted by atomic mass is 19.4. The Bertz CT molecular complexity index is 1060. The summed E-state index contributed by atoms with van der Waals surface area (Å²) in [5, 5.41) is 12.9. The molecule has 0 radical (unpaired) electrons. The van der Waals surface area contributed by atoms with Crippen molar-refractivity contribution in [3.63, 3.8) is 0 Å². The number of aryl methyl sites for hydroxylation is 1. The third-order valence-electron chi connectivity index (χ3n) is 4.48. The van der Waals surface area contributed by atoms with Crippen LogP contribution in [-0.2, 0) is 24.8 Å². The lowest BCUT2D eigenvalue weighted by molar-refractivity contribution is -0.152. The molecular weight excluding hydrogens is 435 g/mol. The molecule has 0 bridgehead atoms. The van der Waals surface area contributed by atoms with Crippen molar-refractivity contribution in [2.24, 2.45) is 7.05 Å². The topological polar surface area (TPSA) is 113 Å². The predicted octanol–water partition coefficient (Wildman–Crippen LogP) is 2.15. The van der Waals surface area contributed by atoms with Gasteiger partial charge in [0.15, 0.2) is 5.60 Å². The fourth-order valence-electron chi connectivity index (χ4n) is 2.59. The van der Waals surface area contributed by atoms with E-state index in [9.17, 15) is 27.6 Å². The van der Waals surface area contributed by atoms with Gasteiger partial charge in [-0.2, -0.15) is 13.2 Å². The highest BCUT2D eigenvalue weighted by Gasteiger charge is 2.29. The molecule has 2 rings (SSSR count). The zero-order chi connectivity index (χ0) is 24.1. The number of ether oxygens (including phenoxy) is 2. The monoisotopic (exact) mass is 459 g/mol. The molecule has 0 aliphatic rings. The number of halogens is 3. The van der Waals surface area contributed by atoms with Gasteiger partial charge in [-0.15, -0.1) is 5.10 Å². The van der Waals surface area contributed by atoms with E-state index in [0.717, 1.165) is 14.8 Å². The van der Waals surface area contributed by atoms with Crippen LogP contribution in [0.15, 0.2) is 33.9 Å². The van der Waals surface area contributed by atoms with Crippen LogP contribution in [0.2, 0.25) is 0 Å². The van der Waals surface area contributed by atoms with Crippen LogP contribution in [0.25, 0.3) is 0 Å². The molecule has 0 saturated carbocycles. The molecule has 1 aromatic heterocycles. The predicted molar refractivity (Wildman–Crippen MR) is 107 cm³/mol. The Morgan fingerprint density at radius 3 is 2.34 bits per heavy atom. The maximum absolute atomic E-state index is 12.3. The molecule has 1 heterocycles. The largest absolute Gasteiger partial charge is 0.478 e. The quantitative estimate of drug-likeness (QED) is 0.579. The molecule has 176 valence electrons. The van der Waals surface area contributed by atoms with Crippen LogP contribution in [0.4, 0.5) is 13.2 Å². The van der Waals surface area contributed by atoms with Crippen LogP contribution >= 0.6 is 0 Å². The molecule has 0 unspecified atom stereocenters. The molecule has 0 amide bonds. The van der Waals surface area contributed by atoms with Gasteiger partial charge in [0.25, 0.3) is 5.88 Å². The van der Waals surface area contributed by atoms with Crippen LogP contribution in [0.3, 0.4) is 0 Å². The Hall–Kier alpha value is -3.31. The van der Waals surface area contributed by atoms with Crippen molar-refractivity contribution in [3.05, 3.63) is 50.7 Å². The number of benzene rings is 1. The van der Waals surface area contributed by atoms with Gasteiger partial charge in [-0.3, -0.25) is 9.36 Å². The second kappa shape index (κ2) is 9.88. The average Bonchev–Trinajstić information content (AvgIpc) is 2.69. The Morgan fingerprint density at radius 1 is 1.16 bits per heavy atom. The molecule has 0 aliphatic heterocycles. The molecule has 32 heavy (non-hydrogen) atoms. The number of carbonyl (C=O) groups is 1. The first-order valence-corrected chi connectivity index (χ1v) is 9.69. The maximum Gasteiger partial charge on any atom is 0.389 e. The summed E-state index contributed by atoms with van der Waals surface area (Å²) in [7, 11) is 1.19. The maximum atomic E-state index is 12.3. The molecule has 1 aromatic carbocycles. The minimum absolute atomic E-state index is 0.0177. The zero-order valence-electron chi connectivity index (χ0n) is 17.8. The van der Waals surface area contributed by atoms with Gasteiger partial charge in [-0.1, -0.05) is 12.1 Å². The number of carboxylic acid groups (broad SMARTS) is 1. The van der Waals surface area contributed by atoms with E-state index in [-0.39, 0.29) is 25.5 Å². The summed E-state index contributed by atoms with van der Waals surface area (Å²) in [6, 6.07) is 6.58. The van der Waals surface area contributed by atoms with Crippen LogP contribution in [0.1, 0.15) is 32.3 Å². The van der Waals surface area contributed by atoms with Crippen molar-refractivity contribution in [2.75, 3.05) is 6.61 Å². The Balaban J connectivity index is 2.01. The van der Waals surface area contributed by atoms with Crippen molar-refractivity contribution in [2.45, 2.75) is 51.4 Å².